The second-order valence-electron chi connectivity index (χ2n) is 4.47. The highest BCUT2D eigenvalue weighted by Crippen LogP contribution is 2.34. The van der Waals surface area contributed by atoms with Crippen LogP contribution in [-0.2, 0) is 6.18 Å². The lowest BCUT2D eigenvalue weighted by atomic mass is 10.1. The number of hydrogen-bond acceptors (Lipinski definition) is 4. The summed E-state index contributed by atoms with van der Waals surface area (Å²) in [5.41, 5.74) is -1.20. The first kappa shape index (κ1) is 14.5. The first-order valence-corrected chi connectivity index (χ1v) is 6.96. The Hall–Kier alpha value is -2.42. The van der Waals surface area contributed by atoms with E-state index in [-0.39, 0.29) is 11.4 Å². The maximum atomic E-state index is 12.9. The number of halogens is 3. The molecule has 0 saturated heterocycles. The molecule has 0 bridgehead atoms. The monoisotopic (exact) mass is 326 g/mol. The van der Waals surface area contributed by atoms with Gasteiger partial charge in [0.25, 0.3) is 5.91 Å². The molecule has 114 valence electrons. The third kappa shape index (κ3) is 2.67. The number of nitrogens with zero attached hydrogens (tertiary/aromatic N) is 3. The SMILES string of the molecule is Cc1nn2cc(C(=O)Nc3ccccc3C(F)(F)F)nc2s1. The van der Waals surface area contributed by atoms with Gasteiger partial charge in [0.15, 0.2) is 0 Å². The van der Waals surface area contributed by atoms with Crippen molar-refractivity contribution in [2.24, 2.45) is 0 Å². The molecule has 9 heteroatoms. The molecule has 0 saturated carbocycles. The zero-order valence-electron chi connectivity index (χ0n) is 11.2. The number of anilines is 1. The summed E-state index contributed by atoms with van der Waals surface area (Å²) >= 11 is 1.28. The van der Waals surface area contributed by atoms with Crippen LogP contribution < -0.4 is 5.32 Å². The highest BCUT2D eigenvalue weighted by atomic mass is 32.1. The van der Waals surface area contributed by atoms with E-state index < -0.39 is 17.6 Å². The maximum Gasteiger partial charge on any atom is 0.418 e. The van der Waals surface area contributed by atoms with Gasteiger partial charge in [0.05, 0.1) is 17.4 Å². The van der Waals surface area contributed by atoms with E-state index in [9.17, 15) is 18.0 Å². The summed E-state index contributed by atoms with van der Waals surface area (Å²) in [6.07, 6.45) is -3.17. The van der Waals surface area contributed by atoms with Crippen molar-refractivity contribution in [3.05, 3.63) is 46.7 Å². The van der Waals surface area contributed by atoms with Gasteiger partial charge < -0.3 is 5.32 Å². The molecule has 0 aliphatic heterocycles. The van der Waals surface area contributed by atoms with Crippen LogP contribution in [0.1, 0.15) is 21.1 Å². The summed E-state index contributed by atoms with van der Waals surface area (Å²) < 4.78 is 40.1. The lowest BCUT2D eigenvalue weighted by molar-refractivity contribution is -0.136. The number of carbonyl (C=O) groups excluding carboxylic acids is 1. The van der Waals surface area contributed by atoms with Crippen molar-refractivity contribution < 1.29 is 18.0 Å². The quantitative estimate of drug-likeness (QED) is 0.785. The molecule has 3 aromatic rings. The van der Waals surface area contributed by atoms with Gasteiger partial charge in [-0.2, -0.15) is 18.3 Å². The van der Waals surface area contributed by atoms with Crippen molar-refractivity contribution in [3.63, 3.8) is 0 Å². The number of benzene rings is 1. The topological polar surface area (TPSA) is 59.3 Å². The molecule has 22 heavy (non-hydrogen) atoms. The lowest BCUT2D eigenvalue weighted by Gasteiger charge is -2.12. The molecule has 1 aromatic carbocycles. The summed E-state index contributed by atoms with van der Waals surface area (Å²) in [5, 5.41) is 7.11. The molecule has 0 aliphatic carbocycles. The van der Waals surface area contributed by atoms with E-state index in [1.807, 2.05) is 0 Å². The zero-order chi connectivity index (χ0) is 15.9. The fourth-order valence-electron chi connectivity index (χ4n) is 1.93. The van der Waals surface area contributed by atoms with E-state index in [2.05, 4.69) is 15.4 Å². The summed E-state index contributed by atoms with van der Waals surface area (Å²) in [5.74, 6) is -0.716. The molecular weight excluding hydrogens is 317 g/mol. The fourth-order valence-corrected chi connectivity index (χ4v) is 2.66. The number of aryl methyl sites for hydroxylation is 1. The number of fused-ring (bicyclic) bond motifs is 1. The van der Waals surface area contributed by atoms with E-state index in [1.54, 1.807) is 6.92 Å². The Balaban J connectivity index is 1.89. The van der Waals surface area contributed by atoms with E-state index in [0.29, 0.717) is 4.96 Å². The minimum absolute atomic E-state index is 0.00993. The van der Waals surface area contributed by atoms with Crippen LogP contribution in [0.4, 0.5) is 18.9 Å². The van der Waals surface area contributed by atoms with Gasteiger partial charge in [0.2, 0.25) is 4.96 Å². The molecule has 0 fully saturated rings. The van der Waals surface area contributed by atoms with Crippen molar-refractivity contribution in [3.8, 4) is 0 Å². The van der Waals surface area contributed by atoms with E-state index >= 15 is 0 Å². The number of amides is 1. The van der Waals surface area contributed by atoms with Crippen LogP contribution in [0.5, 0.6) is 0 Å². The molecule has 0 spiro atoms. The normalized spacial score (nSPS) is 11.8. The molecule has 2 aromatic heterocycles. The van der Waals surface area contributed by atoms with Crippen molar-refractivity contribution in [1.82, 2.24) is 14.6 Å². The molecule has 2 heterocycles. The summed E-state index contributed by atoms with van der Waals surface area (Å²) in [6, 6.07) is 4.78. The first-order chi connectivity index (χ1) is 10.3. The molecule has 3 rings (SSSR count). The van der Waals surface area contributed by atoms with Crippen molar-refractivity contribution >= 4 is 27.9 Å². The predicted molar refractivity (Wildman–Crippen MR) is 75.0 cm³/mol. The van der Waals surface area contributed by atoms with Crippen LogP contribution in [0.3, 0.4) is 0 Å². The number of nitrogens with one attached hydrogen (secondary N) is 1. The van der Waals surface area contributed by atoms with E-state index in [4.69, 9.17) is 0 Å². The highest BCUT2D eigenvalue weighted by molar-refractivity contribution is 7.16. The number of para-hydroxylation sites is 1. The molecule has 5 nitrogen and oxygen atoms in total. The number of imidazole rings is 1. The van der Waals surface area contributed by atoms with Crippen molar-refractivity contribution in [2.75, 3.05) is 5.32 Å². The summed E-state index contributed by atoms with van der Waals surface area (Å²) in [4.78, 5) is 16.6. The summed E-state index contributed by atoms with van der Waals surface area (Å²) in [6.45, 7) is 1.79. The Morgan fingerprint density at radius 3 is 2.73 bits per heavy atom. The molecule has 0 radical (unpaired) electrons. The third-order valence-electron chi connectivity index (χ3n) is 2.86. The van der Waals surface area contributed by atoms with Crippen molar-refractivity contribution in [2.45, 2.75) is 13.1 Å². The highest BCUT2D eigenvalue weighted by Gasteiger charge is 2.33. The average Bonchev–Trinajstić information content (AvgIpc) is 2.95. The molecular formula is C13H9F3N4OS. The van der Waals surface area contributed by atoms with Crippen LogP contribution in [-0.4, -0.2) is 20.5 Å². The van der Waals surface area contributed by atoms with Crippen LogP contribution in [0.15, 0.2) is 30.5 Å². The molecule has 0 aliphatic rings. The zero-order valence-corrected chi connectivity index (χ0v) is 12.0. The van der Waals surface area contributed by atoms with E-state index in [0.717, 1.165) is 11.1 Å². The van der Waals surface area contributed by atoms with Gasteiger partial charge in [-0.25, -0.2) is 9.50 Å². The molecule has 1 amide bonds. The van der Waals surface area contributed by atoms with Crippen molar-refractivity contribution in [1.29, 1.82) is 0 Å². The van der Waals surface area contributed by atoms with Gasteiger partial charge >= 0.3 is 6.18 Å². The Morgan fingerprint density at radius 1 is 1.32 bits per heavy atom. The van der Waals surface area contributed by atoms with Gasteiger partial charge in [-0.1, -0.05) is 23.5 Å². The minimum atomic E-state index is -4.54. The summed E-state index contributed by atoms with van der Waals surface area (Å²) in [7, 11) is 0. The number of carbonyl (C=O) groups is 1. The van der Waals surface area contributed by atoms with Gasteiger partial charge in [0.1, 0.15) is 10.7 Å². The number of rotatable bonds is 2. The maximum absolute atomic E-state index is 12.9. The second-order valence-corrected chi connectivity index (χ2v) is 5.63. The Labute approximate surface area is 126 Å². The third-order valence-corrected chi connectivity index (χ3v) is 3.70. The Morgan fingerprint density at radius 2 is 2.05 bits per heavy atom. The number of alkyl halides is 3. The number of aromatic nitrogens is 3. The standard InChI is InChI=1S/C13H9F3N4OS/c1-7-19-20-6-10(18-12(20)22-7)11(21)17-9-5-3-2-4-8(9)13(14,15)16/h2-6H,1H3,(H,17,21). The van der Waals surface area contributed by atoms with Gasteiger partial charge in [-0.05, 0) is 19.1 Å². The van der Waals surface area contributed by atoms with E-state index in [1.165, 1.54) is 40.2 Å². The predicted octanol–water partition coefficient (Wildman–Crippen LogP) is 3.37. The van der Waals surface area contributed by atoms with Crippen LogP contribution >= 0.6 is 11.3 Å². The molecule has 1 N–H and O–H groups in total. The van der Waals surface area contributed by atoms with Crippen LogP contribution in [0.25, 0.3) is 4.96 Å². The first-order valence-electron chi connectivity index (χ1n) is 6.15. The second kappa shape index (κ2) is 5.09. The number of hydrogen-bond donors (Lipinski definition) is 1. The fraction of sp³-hybridized carbons (Fsp3) is 0.154. The molecule has 0 unspecified atom stereocenters. The van der Waals surface area contributed by atoms with Gasteiger partial charge in [0, 0.05) is 0 Å². The smallest absolute Gasteiger partial charge is 0.320 e. The van der Waals surface area contributed by atoms with Gasteiger partial charge in [-0.15, -0.1) is 0 Å². The Kier molecular flexibility index (Phi) is 3.36. The van der Waals surface area contributed by atoms with Crippen LogP contribution in [0.2, 0.25) is 0 Å². The van der Waals surface area contributed by atoms with Crippen LogP contribution in [0, 0.1) is 6.92 Å². The molecule has 0 atom stereocenters. The average molecular weight is 326 g/mol. The lowest BCUT2D eigenvalue weighted by Crippen LogP contribution is -2.16. The largest absolute Gasteiger partial charge is 0.418 e. The minimum Gasteiger partial charge on any atom is -0.320 e. The Bertz CT molecular complexity index is 821. The van der Waals surface area contributed by atoms with Gasteiger partial charge in [-0.3, -0.25) is 4.79 Å².